The van der Waals surface area contributed by atoms with Crippen molar-refractivity contribution in [3.8, 4) is 0 Å². The highest BCUT2D eigenvalue weighted by atomic mass is 16.8. The van der Waals surface area contributed by atoms with Crippen molar-refractivity contribution in [3.05, 3.63) is 359 Å². The Bertz CT molecular complexity index is 4920. The van der Waals surface area contributed by atoms with E-state index in [-0.39, 0.29) is 55.6 Å². The maximum absolute atomic E-state index is 15.1. The van der Waals surface area contributed by atoms with Gasteiger partial charge in [0.25, 0.3) is 0 Å². The summed E-state index contributed by atoms with van der Waals surface area (Å²) in [6.45, 7) is -2.66. The highest BCUT2D eigenvalue weighted by molar-refractivity contribution is 5.95. The van der Waals surface area contributed by atoms with E-state index in [9.17, 15) is 38.4 Å². The average Bonchev–Trinajstić information content (AvgIpc) is 0.772. The Balaban J connectivity index is 0.943. The van der Waals surface area contributed by atoms with Gasteiger partial charge in [-0.1, -0.05) is 182 Å². The zero-order valence-electron chi connectivity index (χ0n) is 61.3. The van der Waals surface area contributed by atoms with Crippen molar-refractivity contribution in [2.75, 3.05) is 26.9 Å². The number of rotatable bonds is 28. The minimum absolute atomic E-state index is 0.00147. The normalized spacial score (nSPS) is 22.8. The first-order valence-electron chi connectivity index (χ1n) is 36.4. The van der Waals surface area contributed by atoms with E-state index in [1.807, 2.05) is 0 Å². The zero-order chi connectivity index (χ0) is 80.0. The van der Waals surface area contributed by atoms with Crippen LogP contribution in [0.2, 0.25) is 0 Å². The van der Waals surface area contributed by atoms with Gasteiger partial charge in [0.05, 0.1) is 68.8 Å². The van der Waals surface area contributed by atoms with Gasteiger partial charge in [0.2, 0.25) is 0 Å². The number of methoxy groups -OCH3 is 1. The number of benzene rings is 10. The molecule has 0 saturated carbocycles. The van der Waals surface area contributed by atoms with E-state index in [0.717, 1.165) is 0 Å². The summed E-state index contributed by atoms with van der Waals surface area (Å²) in [7, 11) is 1.20. The Morgan fingerprint density at radius 1 is 0.209 bits per heavy atom. The van der Waals surface area contributed by atoms with Crippen molar-refractivity contribution in [1.29, 1.82) is 0 Å². The predicted molar refractivity (Wildman–Crippen MR) is 402 cm³/mol. The zero-order valence-corrected chi connectivity index (χ0v) is 61.3. The van der Waals surface area contributed by atoms with Crippen molar-refractivity contribution in [3.63, 3.8) is 0 Å². The van der Waals surface area contributed by atoms with Crippen molar-refractivity contribution in [1.82, 2.24) is 0 Å². The maximum Gasteiger partial charge on any atom is 0.338 e. The number of hydrogen-bond acceptors (Lipinski definition) is 26. The van der Waals surface area contributed by atoms with Gasteiger partial charge in [0.15, 0.2) is 73.8 Å². The molecule has 0 radical (unpaired) electrons. The van der Waals surface area contributed by atoms with Gasteiger partial charge in [-0.2, -0.15) is 0 Å². The van der Waals surface area contributed by atoms with Crippen LogP contribution in [0.15, 0.2) is 303 Å². The molecule has 0 amide bonds. The number of carbonyl (C=O) groups is 10. The third-order valence-corrected chi connectivity index (χ3v) is 18.5. The fourth-order valence-electron chi connectivity index (χ4n) is 12.8. The smallest absolute Gasteiger partial charge is 0.338 e. The molecule has 3 heterocycles. The highest BCUT2D eigenvalue weighted by Gasteiger charge is 2.59. The summed E-state index contributed by atoms with van der Waals surface area (Å²) in [6, 6.07) is 76.4. The van der Waals surface area contributed by atoms with Gasteiger partial charge in [-0.05, 0) is 121 Å². The highest BCUT2D eigenvalue weighted by Crippen LogP contribution is 2.38. The molecule has 115 heavy (non-hydrogen) atoms. The maximum atomic E-state index is 15.1. The lowest BCUT2D eigenvalue weighted by atomic mass is 9.96. The average molecular weight is 1560 g/mol. The molecule has 3 saturated heterocycles. The quantitative estimate of drug-likeness (QED) is 0.0325. The Hall–Kier alpha value is -13.3. The summed E-state index contributed by atoms with van der Waals surface area (Å²) in [5.74, 6) is -10.2. The van der Waals surface area contributed by atoms with Crippen molar-refractivity contribution in [2.45, 2.75) is 92.1 Å². The first kappa shape index (κ1) is 79.7. The monoisotopic (exact) mass is 1560 g/mol. The first-order chi connectivity index (χ1) is 56.1. The SMILES string of the molecule is CO[C@H]1O[C@H](CO[C@@H]2O[C@H](CO[C@@H]3O[C@H](COC(=O)c4ccccc4)[C@@H](OC(=O)c4ccccc4)[C@H](OC(=O)c4ccccc4)[C@H]3OC(=O)c3ccccc3)[C@@H](OC(=O)c3ccccc3)[C@H](OC(=O)c3ccccc3)[C@H]2OC(=O)c2ccccc2)[C@@H](OC(=O)c2ccccc2)[C@H](OC(=O)c2ccccc2)[C@H]1OC(=O)c1ccccc1. The number of carbonyl (C=O) groups excluding carboxylic acids is 10. The largest absolute Gasteiger partial charge is 0.459 e. The summed E-state index contributed by atoms with van der Waals surface area (Å²) < 4.78 is 103. The van der Waals surface area contributed by atoms with E-state index in [4.69, 9.17) is 75.8 Å². The Labute approximate surface area is 658 Å². The minimum Gasteiger partial charge on any atom is -0.459 e. The molecule has 13 rings (SSSR count). The molecule has 0 bridgehead atoms. The van der Waals surface area contributed by atoms with Crippen LogP contribution in [0.3, 0.4) is 0 Å². The van der Waals surface area contributed by atoms with E-state index < -0.39 is 172 Å². The van der Waals surface area contributed by atoms with E-state index in [2.05, 4.69) is 0 Å². The molecule has 586 valence electrons. The molecule has 10 aromatic rings. The van der Waals surface area contributed by atoms with E-state index in [1.165, 1.54) is 141 Å². The second-order valence-electron chi connectivity index (χ2n) is 26.1. The van der Waals surface area contributed by atoms with Crippen LogP contribution in [-0.2, 0) is 75.8 Å². The number of hydrogen-bond donors (Lipinski definition) is 0. The molecule has 26 nitrogen and oxygen atoms in total. The molecular formula is C89H74O26. The predicted octanol–water partition coefficient (Wildman–Crippen LogP) is 11.7. The van der Waals surface area contributed by atoms with Gasteiger partial charge < -0.3 is 75.8 Å². The minimum atomic E-state index is -2.12. The lowest BCUT2D eigenvalue weighted by Crippen LogP contribution is -2.66. The fraction of sp³-hybridized carbons (Fsp3) is 0.213. The van der Waals surface area contributed by atoms with Crippen LogP contribution in [0.4, 0.5) is 0 Å². The van der Waals surface area contributed by atoms with Gasteiger partial charge in [-0.3, -0.25) is 0 Å². The molecule has 3 aliphatic heterocycles. The molecule has 0 spiro atoms. The van der Waals surface area contributed by atoms with Crippen LogP contribution in [0, 0.1) is 0 Å². The Morgan fingerprint density at radius 2 is 0.374 bits per heavy atom. The van der Waals surface area contributed by atoms with Crippen LogP contribution in [0.5, 0.6) is 0 Å². The molecule has 0 aromatic heterocycles. The van der Waals surface area contributed by atoms with Gasteiger partial charge in [-0.25, -0.2) is 47.9 Å². The molecule has 0 aliphatic carbocycles. The van der Waals surface area contributed by atoms with Crippen molar-refractivity contribution in [2.24, 2.45) is 0 Å². The summed E-state index contributed by atoms with van der Waals surface area (Å²) in [4.78, 5) is 147. The summed E-state index contributed by atoms with van der Waals surface area (Å²) in [5, 5.41) is 0. The van der Waals surface area contributed by atoms with Gasteiger partial charge in [0.1, 0.15) is 24.9 Å². The van der Waals surface area contributed by atoms with Crippen molar-refractivity contribution < 1.29 is 124 Å². The Morgan fingerprint density at radius 3 is 0.583 bits per heavy atom. The molecular weight excluding hydrogens is 1480 g/mol. The number of ether oxygens (including phenoxy) is 16. The lowest BCUT2D eigenvalue weighted by Gasteiger charge is -2.47. The molecule has 3 fully saturated rings. The molecule has 15 atom stereocenters. The molecule has 10 aromatic carbocycles. The van der Waals surface area contributed by atoms with Gasteiger partial charge in [0, 0.05) is 7.11 Å². The van der Waals surface area contributed by atoms with Gasteiger partial charge >= 0.3 is 59.7 Å². The summed E-state index contributed by atoms with van der Waals surface area (Å²) in [5.41, 5.74) is -0.125. The third kappa shape index (κ3) is 20.3. The second kappa shape index (κ2) is 38.7. The number of esters is 10. The van der Waals surface area contributed by atoms with E-state index in [1.54, 1.807) is 170 Å². The van der Waals surface area contributed by atoms with E-state index >= 15 is 9.59 Å². The lowest BCUT2D eigenvalue weighted by molar-refractivity contribution is -0.338. The topological polar surface area (TPSA) is 318 Å². The van der Waals surface area contributed by atoms with Crippen LogP contribution < -0.4 is 0 Å². The summed E-state index contributed by atoms with van der Waals surface area (Å²) >= 11 is 0. The second-order valence-corrected chi connectivity index (χ2v) is 26.1. The standard InChI is InChI=1S/C89H74O26/c1-100-87-74(113-84(97)62-46-26-9-27-47-62)71(110-81(94)59-40-20-6-21-41-59)69(108-79(92)57-36-16-4-17-37-57)66(104-87)53-102-89-76(115-86(99)64-50-30-11-31-51-64)73(112-83(96)61-44-24-8-25-45-61)70(109-80(93)58-38-18-5-19-39-58)67(106-89)54-103-88-75(114-85(98)63-48-28-10-29-49-63)72(111-82(95)60-42-22-7-23-43-60)68(107-78(91)56-34-14-3-15-35-56)65(105-88)52-101-77(90)55-32-12-2-13-33-55/h2-51,65-76,87-89H,52-54H2,1H3/t65-,66-,67-,68-,69-,70-,71+,72+,73+,74-,75-,76-,87+,88-,89-/m1/s1. The van der Waals surface area contributed by atoms with Crippen LogP contribution >= 0.6 is 0 Å². The molecule has 0 N–H and O–H groups in total. The van der Waals surface area contributed by atoms with Crippen molar-refractivity contribution >= 4 is 59.7 Å². The molecule has 0 unspecified atom stereocenters. The fourth-order valence-corrected chi connectivity index (χ4v) is 12.8. The van der Waals surface area contributed by atoms with Crippen LogP contribution in [-0.4, -0.2) is 179 Å². The first-order valence-corrected chi connectivity index (χ1v) is 36.4. The van der Waals surface area contributed by atoms with Crippen LogP contribution in [0.1, 0.15) is 104 Å². The van der Waals surface area contributed by atoms with Crippen LogP contribution in [0.25, 0.3) is 0 Å². The summed E-state index contributed by atoms with van der Waals surface area (Å²) in [6.07, 6.45) is -28.7. The molecule has 26 heteroatoms. The van der Waals surface area contributed by atoms with Gasteiger partial charge in [-0.15, -0.1) is 0 Å². The third-order valence-electron chi connectivity index (χ3n) is 18.5. The molecule has 3 aliphatic rings. The Kier molecular flexibility index (Phi) is 26.9. The van der Waals surface area contributed by atoms with E-state index in [0.29, 0.717) is 0 Å².